The first-order chi connectivity index (χ1) is 14.5. The Bertz CT molecular complexity index is 1280. The fourth-order valence-corrected chi connectivity index (χ4v) is 3.43. The van der Waals surface area contributed by atoms with Crippen LogP contribution < -0.4 is 0 Å². The van der Waals surface area contributed by atoms with Crippen LogP contribution in [-0.4, -0.2) is 0 Å². The van der Waals surface area contributed by atoms with E-state index in [1.807, 2.05) is 18.2 Å². The molecule has 30 heavy (non-hydrogen) atoms. The molecule has 0 aromatic heterocycles. The smallest absolute Gasteiger partial charge is 0.166 e. The van der Waals surface area contributed by atoms with Crippen molar-refractivity contribution in [1.82, 2.24) is 0 Å². The third-order valence-corrected chi connectivity index (χ3v) is 5.04. The van der Waals surface area contributed by atoms with Gasteiger partial charge >= 0.3 is 0 Å². The largest absolute Gasteiger partial charge is 0.206 e. The molecule has 0 unspecified atom stereocenters. The van der Waals surface area contributed by atoms with Crippen molar-refractivity contribution in [3.8, 4) is 23.0 Å². The quantitative estimate of drug-likeness (QED) is 0.317. The first-order valence-electron chi connectivity index (χ1n) is 9.84. The van der Waals surface area contributed by atoms with Crippen LogP contribution in [0.2, 0.25) is 0 Å². The molecule has 0 amide bonds. The van der Waals surface area contributed by atoms with Crippen molar-refractivity contribution in [2.24, 2.45) is 0 Å². The van der Waals surface area contributed by atoms with Gasteiger partial charge in [0.15, 0.2) is 11.6 Å². The van der Waals surface area contributed by atoms with Gasteiger partial charge in [-0.1, -0.05) is 67.6 Å². The predicted molar refractivity (Wildman–Crippen MR) is 116 cm³/mol. The molecule has 4 aromatic rings. The molecule has 0 aliphatic carbocycles. The van der Waals surface area contributed by atoms with Crippen molar-refractivity contribution < 1.29 is 13.2 Å². The zero-order chi connectivity index (χ0) is 21.1. The molecule has 0 bridgehead atoms. The standard InChI is InChI=1S/C27H19F3/c1-2-3-18-4-8-20(9-5-18)22-12-11-21(26(29)17-22)10-6-19-7-14-24-23(16-19)13-15-25(28)27(24)30/h4-5,7-9,11-17H,2-3H2,1H3. The minimum absolute atomic E-state index is 0.195. The van der Waals surface area contributed by atoms with Gasteiger partial charge in [-0.3, -0.25) is 0 Å². The van der Waals surface area contributed by atoms with E-state index in [2.05, 4.69) is 30.9 Å². The van der Waals surface area contributed by atoms with E-state index in [0.717, 1.165) is 30.0 Å². The Labute approximate surface area is 174 Å². The van der Waals surface area contributed by atoms with E-state index in [1.54, 1.807) is 18.2 Å². The summed E-state index contributed by atoms with van der Waals surface area (Å²) in [6, 6.07) is 20.5. The Hall–Kier alpha value is -3.51. The van der Waals surface area contributed by atoms with E-state index in [0.29, 0.717) is 10.9 Å². The molecular weight excluding hydrogens is 381 g/mol. The molecule has 0 N–H and O–H groups in total. The average molecular weight is 400 g/mol. The van der Waals surface area contributed by atoms with Crippen molar-refractivity contribution in [2.75, 3.05) is 0 Å². The summed E-state index contributed by atoms with van der Waals surface area (Å²) in [4.78, 5) is 0. The highest BCUT2D eigenvalue weighted by Crippen LogP contribution is 2.24. The number of rotatable bonds is 3. The molecule has 148 valence electrons. The third-order valence-electron chi connectivity index (χ3n) is 5.04. The first kappa shape index (κ1) is 19.8. The van der Waals surface area contributed by atoms with E-state index in [9.17, 15) is 13.2 Å². The summed E-state index contributed by atoms with van der Waals surface area (Å²) in [5, 5.41) is 0.740. The van der Waals surface area contributed by atoms with Crippen LogP contribution in [0.15, 0.2) is 72.8 Å². The molecular formula is C27H19F3. The van der Waals surface area contributed by atoms with E-state index < -0.39 is 17.5 Å². The van der Waals surface area contributed by atoms with Crippen LogP contribution in [0.1, 0.15) is 30.0 Å². The minimum atomic E-state index is -0.886. The van der Waals surface area contributed by atoms with Gasteiger partial charge in [-0.25, -0.2) is 13.2 Å². The second-order valence-electron chi connectivity index (χ2n) is 7.19. The molecule has 0 radical (unpaired) electrons. The van der Waals surface area contributed by atoms with Gasteiger partial charge in [0.25, 0.3) is 0 Å². The maximum Gasteiger partial charge on any atom is 0.166 e. The molecule has 0 heterocycles. The first-order valence-corrected chi connectivity index (χ1v) is 9.84. The lowest BCUT2D eigenvalue weighted by atomic mass is 10.0. The SMILES string of the molecule is CCCc1ccc(-c2ccc(C#Cc3ccc4c(F)c(F)ccc4c3)c(F)c2)cc1. The minimum Gasteiger partial charge on any atom is -0.206 e. The fraction of sp³-hybridized carbons (Fsp3) is 0.111. The lowest BCUT2D eigenvalue weighted by molar-refractivity contribution is 0.517. The summed E-state index contributed by atoms with van der Waals surface area (Å²) < 4.78 is 41.7. The van der Waals surface area contributed by atoms with Crippen LogP contribution in [0, 0.1) is 29.3 Å². The Morgan fingerprint density at radius 1 is 0.700 bits per heavy atom. The second-order valence-corrected chi connectivity index (χ2v) is 7.19. The highest BCUT2D eigenvalue weighted by atomic mass is 19.2. The van der Waals surface area contributed by atoms with Crippen molar-refractivity contribution in [3.63, 3.8) is 0 Å². The van der Waals surface area contributed by atoms with E-state index in [1.165, 1.54) is 23.8 Å². The number of hydrogen-bond donors (Lipinski definition) is 0. The molecule has 4 rings (SSSR count). The van der Waals surface area contributed by atoms with E-state index in [-0.39, 0.29) is 10.9 Å². The monoisotopic (exact) mass is 400 g/mol. The Balaban J connectivity index is 1.60. The van der Waals surface area contributed by atoms with Crippen LogP contribution in [-0.2, 0) is 6.42 Å². The summed E-state index contributed by atoms with van der Waals surface area (Å²) in [5.74, 6) is 3.57. The summed E-state index contributed by atoms with van der Waals surface area (Å²) in [6.45, 7) is 2.14. The Kier molecular flexibility index (Phi) is 5.59. The molecule has 0 fully saturated rings. The summed E-state index contributed by atoms with van der Waals surface area (Å²) in [5.41, 5.74) is 3.90. The molecule has 0 atom stereocenters. The molecule has 3 heteroatoms. The maximum atomic E-state index is 14.6. The molecule has 0 nitrogen and oxygen atoms in total. The zero-order valence-corrected chi connectivity index (χ0v) is 16.5. The topological polar surface area (TPSA) is 0 Å². The Morgan fingerprint density at radius 3 is 2.20 bits per heavy atom. The molecule has 4 aromatic carbocycles. The van der Waals surface area contributed by atoms with Crippen molar-refractivity contribution in [2.45, 2.75) is 19.8 Å². The number of hydrogen-bond acceptors (Lipinski definition) is 0. The van der Waals surface area contributed by atoms with Crippen LogP contribution in [0.4, 0.5) is 13.2 Å². The van der Waals surface area contributed by atoms with E-state index in [4.69, 9.17) is 0 Å². The van der Waals surface area contributed by atoms with E-state index >= 15 is 0 Å². The van der Waals surface area contributed by atoms with Gasteiger partial charge in [0.2, 0.25) is 0 Å². The number of benzene rings is 4. The Morgan fingerprint density at radius 2 is 1.47 bits per heavy atom. The number of fused-ring (bicyclic) bond motifs is 1. The highest BCUT2D eigenvalue weighted by molar-refractivity contribution is 5.84. The highest BCUT2D eigenvalue weighted by Gasteiger charge is 2.07. The third kappa shape index (κ3) is 4.09. The van der Waals surface area contributed by atoms with Crippen molar-refractivity contribution in [3.05, 3.63) is 107 Å². The van der Waals surface area contributed by atoms with Gasteiger partial charge in [0.05, 0.1) is 5.56 Å². The van der Waals surface area contributed by atoms with Gasteiger partial charge < -0.3 is 0 Å². The fourth-order valence-electron chi connectivity index (χ4n) is 3.43. The van der Waals surface area contributed by atoms with Gasteiger partial charge in [0.1, 0.15) is 5.82 Å². The normalized spacial score (nSPS) is 10.7. The van der Waals surface area contributed by atoms with Gasteiger partial charge in [-0.2, -0.15) is 0 Å². The van der Waals surface area contributed by atoms with Gasteiger partial charge in [0, 0.05) is 10.9 Å². The predicted octanol–water partition coefficient (Wildman–Crippen LogP) is 7.28. The molecule has 0 aliphatic heterocycles. The number of halogens is 3. The lowest BCUT2D eigenvalue weighted by Crippen LogP contribution is -1.88. The van der Waals surface area contributed by atoms with Crippen molar-refractivity contribution in [1.29, 1.82) is 0 Å². The van der Waals surface area contributed by atoms with Gasteiger partial charge in [-0.05, 0) is 58.8 Å². The molecule has 0 saturated heterocycles. The molecule has 0 spiro atoms. The van der Waals surface area contributed by atoms with Crippen LogP contribution in [0.5, 0.6) is 0 Å². The summed E-state index contributed by atoms with van der Waals surface area (Å²) in [6.07, 6.45) is 2.11. The van der Waals surface area contributed by atoms with Crippen molar-refractivity contribution >= 4 is 10.8 Å². The maximum absolute atomic E-state index is 14.6. The van der Waals surface area contributed by atoms with Gasteiger partial charge in [-0.15, -0.1) is 0 Å². The molecule has 0 saturated carbocycles. The van der Waals surface area contributed by atoms with Crippen LogP contribution in [0.3, 0.4) is 0 Å². The number of aryl methyl sites for hydroxylation is 1. The van der Waals surface area contributed by atoms with Crippen LogP contribution in [0.25, 0.3) is 21.9 Å². The zero-order valence-electron chi connectivity index (χ0n) is 16.5. The lowest BCUT2D eigenvalue weighted by Gasteiger charge is -2.05. The summed E-state index contributed by atoms with van der Waals surface area (Å²) >= 11 is 0. The van der Waals surface area contributed by atoms with Crippen LogP contribution >= 0.6 is 0 Å². The summed E-state index contributed by atoms with van der Waals surface area (Å²) in [7, 11) is 0. The second kappa shape index (κ2) is 8.47. The molecule has 0 aliphatic rings. The average Bonchev–Trinajstić information content (AvgIpc) is 2.76.